The van der Waals surface area contributed by atoms with Crippen LogP contribution >= 0.6 is 0 Å². The maximum absolute atomic E-state index is 4.79. The maximum atomic E-state index is 4.79. The van der Waals surface area contributed by atoms with Crippen LogP contribution in [0.15, 0.2) is 11.3 Å². The number of aryl methyl sites for hydroxylation is 1. The van der Waals surface area contributed by atoms with E-state index in [1.54, 1.807) is 0 Å². The lowest BCUT2D eigenvalue weighted by Gasteiger charge is -2.37. The van der Waals surface area contributed by atoms with Crippen LogP contribution in [-0.4, -0.2) is 76.3 Å². The molecule has 2 rings (SSSR count). The van der Waals surface area contributed by atoms with E-state index < -0.39 is 0 Å². The number of aromatic nitrogens is 3. The number of aliphatic imine (C=N–C) groups is 1. The molecule has 0 unspecified atom stereocenters. The van der Waals surface area contributed by atoms with Gasteiger partial charge in [-0.05, 0) is 12.3 Å². The van der Waals surface area contributed by atoms with Crippen LogP contribution in [0.25, 0.3) is 0 Å². The molecule has 2 heterocycles. The summed E-state index contributed by atoms with van der Waals surface area (Å²) in [7, 11) is 0. The number of piperazine rings is 1. The predicted molar refractivity (Wildman–Crippen MR) is 103 cm³/mol. The molecule has 0 spiro atoms. The highest BCUT2D eigenvalue weighted by Gasteiger charge is 2.20. The largest absolute Gasteiger partial charge is 0.354 e. The van der Waals surface area contributed by atoms with E-state index in [1.807, 2.05) is 6.33 Å². The zero-order chi connectivity index (χ0) is 18.1. The monoisotopic (exact) mass is 349 g/mol. The molecule has 1 aromatic rings. The van der Waals surface area contributed by atoms with Gasteiger partial charge in [0, 0.05) is 58.8 Å². The van der Waals surface area contributed by atoms with Gasteiger partial charge in [-0.2, -0.15) is 0 Å². The fourth-order valence-electron chi connectivity index (χ4n) is 3.17. The molecule has 142 valence electrons. The maximum Gasteiger partial charge on any atom is 0.194 e. The first-order chi connectivity index (χ1) is 12.1. The van der Waals surface area contributed by atoms with Crippen LogP contribution in [0.3, 0.4) is 0 Å². The van der Waals surface area contributed by atoms with Gasteiger partial charge in [-0.15, -0.1) is 10.2 Å². The molecule has 0 atom stereocenters. The molecule has 0 amide bonds. The Kier molecular flexibility index (Phi) is 8.18. The quantitative estimate of drug-likeness (QED) is 0.569. The Hall–Kier alpha value is -1.63. The summed E-state index contributed by atoms with van der Waals surface area (Å²) >= 11 is 0. The van der Waals surface area contributed by atoms with Crippen LogP contribution < -0.4 is 5.32 Å². The van der Waals surface area contributed by atoms with Crippen LogP contribution in [0.4, 0.5) is 0 Å². The molecular weight excluding hydrogens is 314 g/mol. The van der Waals surface area contributed by atoms with Crippen molar-refractivity contribution >= 4 is 5.96 Å². The van der Waals surface area contributed by atoms with Gasteiger partial charge in [-0.1, -0.05) is 27.7 Å². The second-order valence-corrected chi connectivity index (χ2v) is 7.11. The molecule has 0 bridgehead atoms. The average Bonchev–Trinajstić information content (AvgIpc) is 3.06. The summed E-state index contributed by atoms with van der Waals surface area (Å²) in [5.74, 6) is 2.82. The van der Waals surface area contributed by atoms with Gasteiger partial charge in [0.1, 0.15) is 12.2 Å². The summed E-state index contributed by atoms with van der Waals surface area (Å²) in [6, 6.07) is 0. The molecule has 0 aromatic carbocycles. The first kappa shape index (κ1) is 19.7. The van der Waals surface area contributed by atoms with E-state index in [-0.39, 0.29) is 0 Å². The predicted octanol–water partition coefficient (Wildman–Crippen LogP) is 1.47. The second-order valence-electron chi connectivity index (χ2n) is 7.11. The van der Waals surface area contributed by atoms with Crippen molar-refractivity contribution in [3.63, 3.8) is 0 Å². The van der Waals surface area contributed by atoms with Crippen LogP contribution in [0, 0.1) is 5.92 Å². The SMILES string of the molecule is CCCN=C(NCCn1cnnc1CC)N1CCN(CC(C)C)CC1. The van der Waals surface area contributed by atoms with Crippen molar-refractivity contribution in [1.82, 2.24) is 29.9 Å². The van der Waals surface area contributed by atoms with Gasteiger partial charge in [0.15, 0.2) is 5.96 Å². The molecule has 1 saturated heterocycles. The number of nitrogens with one attached hydrogen (secondary N) is 1. The Labute approximate surface area is 152 Å². The molecule has 1 N–H and O–H groups in total. The van der Waals surface area contributed by atoms with Crippen LogP contribution in [0.2, 0.25) is 0 Å². The van der Waals surface area contributed by atoms with Crippen LogP contribution in [0.5, 0.6) is 0 Å². The molecule has 1 fully saturated rings. The van der Waals surface area contributed by atoms with E-state index in [1.165, 1.54) is 6.54 Å². The van der Waals surface area contributed by atoms with Gasteiger partial charge in [0.25, 0.3) is 0 Å². The van der Waals surface area contributed by atoms with Crippen LogP contribution in [-0.2, 0) is 13.0 Å². The number of rotatable bonds is 8. The van der Waals surface area contributed by atoms with E-state index in [9.17, 15) is 0 Å². The molecule has 0 radical (unpaired) electrons. The third-order valence-electron chi connectivity index (χ3n) is 4.43. The van der Waals surface area contributed by atoms with E-state index >= 15 is 0 Å². The second kappa shape index (κ2) is 10.4. The van der Waals surface area contributed by atoms with Gasteiger partial charge in [0.05, 0.1) is 0 Å². The van der Waals surface area contributed by atoms with Crippen molar-refractivity contribution in [2.45, 2.75) is 47.1 Å². The molecular formula is C18H35N7. The lowest BCUT2D eigenvalue weighted by molar-refractivity contribution is 0.164. The summed E-state index contributed by atoms with van der Waals surface area (Å²) in [6.07, 6.45) is 3.80. The summed E-state index contributed by atoms with van der Waals surface area (Å²) in [5.41, 5.74) is 0. The molecule has 0 aliphatic carbocycles. The van der Waals surface area contributed by atoms with Gasteiger partial charge >= 0.3 is 0 Å². The van der Waals surface area contributed by atoms with Crippen molar-refractivity contribution in [2.24, 2.45) is 10.9 Å². The fraction of sp³-hybridized carbons (Fsp3) is 0.833. The molecule has 0 saturated carbocycles. The van der Waals surface area contributed by atoms with E-state index in [2.05, 4.69) is 57.6 Å². The minimum atomic E-state index is 0.731. The Bertz CT molecular complexity index is 515. The summed E-state index contributed by atoms with van der Waals surface area (Å²) in [4.78, 5) is 9.75. The van der Waals surface area contributed by atoms with Crippen molar-refractivity contribution in [2.75, 3.05) is 45.8 Å². The Morgan fingerprint density at radius 2 is 2.00 bits per heavy atom. The van der Waals surface area contributed by atoms with Crippen molar-refractivity contribution < 1.29 is 0 Å². The third kappa shape index (κ3) is 6.30. The summed E-state index contributed by atoms with van der Waals surface area (Å²) in [5, 5.41) is 11.7. The first-order valence-corrected chi connectivity index (χ1v) is 9.76. The van der Waals surface area contributed by atoms with Crippen molar-refractivity contribution in [3.8, 4) is 0 Å². The Morgan fingerprint density at radius 3 is 2.64 bits per heavy atom. The standard InChI is InChI=1S/C18H35N7/c1-5-7-19-18(20-8-9-25-15-21-22-17(25)6-2)24-12-10-23(11-13-24)14-16(3)4/h15-16H,5-14H2,1-4H3,(H,19,20). The highest BCUT2D eigenvalue weighted by Crippen LogP contribution is 2.06. The van der Waals surface area contributed by atoms with Crippen molar-refractivity contribution in [1.29, 1.82) is 0 Å². The van der Waals surface area contributed by atoms with E-state index in [4.69, 9.17) is 4.99 Å². The smallest absolute Gasteiger partial charge is 0.194 e. The third-order valence-corrected chi connectivity index (χ3v) is 4.43. The van der Waals surface area contributed by atoms with Crippen LogP contribution in [0.1, 0.15) is 39.9 Å². The summed E-state index contributed by atoms with van der Waals surface area (Å²) < 4.78 is 2.12. The topological polar surface area (TPSA) is 61.6 Å². The van der Waals surface area contributed by atoms with Gasteiger partial charge in [0.2, 0.25) is 0 Å². The molecule has 7 heteroatoms. The number of hydrogen-bond acceptors (Lipinski definition) is 4. The van der Waals surface area contributed by atoms with E-state index in [0.717, 1.165) is 76.4 Å². The summed E-state index contributed by atoms with van der Waals surface area (Å²) in [6.45, 7) is 17.0. The number of guanidine groups is 1. The fourth-order valence-corrected chi connectivity index (χ4v) is 3.17. The zero-order valence-electron chi connectivity index (χ0n) is 16.4. The van der Waals surface area contributed by atoms with Crippen molar-refractivity contribution in [3.05, 3.63) is 12.2 Å². The molecule has 1 aliphatic rings. The van der Waals surface area contributed by atoms with Gasteiger partial charge in [-0.3, -0.25) is 9.89 Å². The number of nitrogens with zero attached hydrogens (tertiary/aromatic N) is 6. The lowest BCUT2D eigenvalue weighted by Crippen LogP contribution is -2.53. The zero-order valence-corrected chi connectivity index (χ0v) is 16.4. The highest BCUT2D eigenvalue weighted by molar-refractivity contribution is 5.80. The first-order valence-electron chi connectivity index (χ1n) is 9.76. The average molecular weight is 350 g/mol. The number of hydrogen-bond donors (Lipinski definition) is 1. The highest BCUT2D eigenvalue weighted by atomic mass is 15.4. The van der Waals surface area contributed by atoms with E-state index in [0.29, 0.717) is 0 Å². The molecule has 7 nitrogen and oxygen atoms in total. The molecule has 1 aliphatic heterocycles. The minimum Gasteiger partial charge on any atom is -0.354 e. The Balaban J connectivity index is 1.85. The lowest BCUT2D eigenvalue weighted by atomic mass is 10.2. The normalized spacial score (nSPS) is 16.7. The van der Waals surface area contributed by atoms with Gasteiger partial charge in [-0.25, -0.2) is 0 Å². The Morgan fingerprint density at radius 1 is 1.24 bits per heavy atom. The van der Waals surface area contributed by atoms with Gasteiger partial charge < -0.3 is 14.8 Å². The minimum absolute atomic E-state index is 0.731. The molecule has 25 heavy (non-hydrogen) atoms. The molecule has 1 aromatic heterocycles.